The summed E-state index contributed by atoms with van der Waals surface area (Å²) in [5, 5.41) is 0. The van der Waals surface area contributed by atoms with E-state index >= 15 is 0 Å². The zero-order chi connectivity index (χ0) is 13.8. The molecular weight excluding hydrogens is 262 g/mol. The summed E-state index contributed by atoms with van der Waals surface area (Å²) in [6.45, 7) is 0.208. The molecule has 0 aliphatic rings. The highest BCUT2D eigenvalue weighted by Crippen LogP contribution is 2.49. The summed E-state index contributed by atoms with van der Waals surface area (Å²) < 4.78 is 83.6. The van der Waals surface area contributed by atoms with Gasteiger partial charge in [0.2, 0.25) is 0 Å². The summed E-state index contributed by atoms with van der Waals surface area (Å²) in [6.07, 6.45) is -9.02. The van der Waals surface area contributed by atoms with E-state index in [0.717, 1.165) is 0 Å². The molecule has 0 aliphatic carbocycles. The normalized spacial score (nSPS) is 15.1. The van der Waals surface area contributed by atoms with E-state index in [-0.39, 0.29) is 13.8 Å². The van der Waals surface area contributed by atoms with E-state index in [1.165, 1.54) is 13.4 Å². The van der Waals surface area contributed by atoms with Crippen molar-refractivity contribution in [2.75, 3.05) is 13.4 Å². The fourth-order valence-electron chi connectivity index (χ4n) is 0.161. The summed E-state index contributed by atoms with van der Waals surface area (Å²) in [4.78, 5) is 0. The molecule has 9 heteroatoms. The second-order valence-electron chi connectivity index (χ2n) is 3.19. The lowest BCUT2D eigenvalue weighted by atomic mass is 9.92. The van der Waals surface area contributed by atoms with Crippen molar-refractivity contribution in [3.63, 3.8) is 0 Å². The molecule has 0 fully saturated rings. The monoisotopic (exact) mass is 274 g/mol. The first-order valence-corrected chi connectivity index (χ1v) is 5.27. The molecule has 0 aromatic carbocycles. The second kappa shape index (κ2) is 5.85. The van der Waals surface area contributed by atoms with Crippen LogP contribution in [0.15, 0.2) is 0 Å². The second-order valence-corrected chi connectivity index (χ2v) is 4.32. The number of rotatable bonds is 1. The molecule has 100 valence electrons. The van der Waals surface area contributed by atoms with E-state index in [2.05, 4.69) is 4.18 Å². The van der Waals surface area contributed by atoms with Crippen LogP contribution in [0.5, 0.6) is 0 Å². The van der Waals surface area contributed by atoms with Crippen LogP contribution in [-0.4, -0.2) is 29.9 Å². The summed E-state index contributed by atoms with van der Waals surface area (Å²) >= 11 is -1.07. The van der Waals surface area contributed by atoms with Gasteiger partial charge in [-0.05, 0) is 13.8 Å². The first kappa shape index (κ1) is 18.1. The standard InChI is InChI=1S/C5H6F6.C2H6O2S/c1-3(2,4(6,7)8)5(9,10)11;1-4-5(2)3/h1-2H3;1-2H3. The lowest BCUT2D eigenvalue weighted by Crippen LogP contribution is -2.44. The van der Waals surface area contributed by atoms with Gasteiger partial charge in [-0.2, -0.15) is 26.3 Å². The molecule has 0 saturated carbocycles. The van der Waals surface area contributed by atoms with Crippen molar-refractivity contribution in [3.8, 4) is 0 Å². The van der Waals surface area contributed by atoms with Crippen molar-refractivity contribution in [2.45, 2.75) is 26.2 Å². The predicted molar refractivity (Wildman–Crippen MR) is 47.0 cm³/mol. The van der Waals surface area contributed by atoms with Gasteiger partial charge in [0.15, 0.2) is 16.5 Å². The maximum Gasteiger partial charge on any atom is 0.402 e. The molecule has 0 spiro atoms. The Morgan fingerprint density at radius 2 is 1.12 bits per heavy atom. The third-order valence-corrected chi connectivity index (χ3v) is 2.12. The van der Waals surface area contributed by atoms with Crippen LogP contribution in [0.2, 0.25) is 0 Å². The molecule has 0 heterocycles. The molecule has 0 saturated heterocycles. The summed E-state index contributed by atoms with van der Waals surface area (Å²) in [6, 6.07) is 0. The fourth-order valence-corrected chi connectivity index (χ4v) is 0.161. The van der Waals surface area contributed by atoms with Crippen LogP contribution in [-0.2, 0) is 15.3 Å². The van der Waals surface area contributed by atoms with Crippen molar-refractivity contribution in [1.29, 1.82) is 0 Å². The van der Waals surface area contributed by atoms with Crippen molar-refractivity contribution >= 4 is 11.1 Å². The third kappa shape index (κ3) is 5.69. The Morgan fingerprint density at radius 1 is 0.938 bits per heavy atom. The number of hydrogen-bond donors (Lipinski definition) is 0. The predicted octanol–water partition coefficient (Wildman–Crippen LogP) is 3.06. The van der Waals surface area contributed by atoms with Gasteiger partial charge in [0.1, 0.15) is 0 Å². The van der Waals surface area contributed by atoms with Gasteiger partial charge in [-0.25, -0.2) is 4.21 Å². The lowest BCUT2D eigenvalue weighted by molar-refractivity contribution is -0.327. The zero-order valence-corrected chi connectivity index (χ0v) is 9.81. The average Bonchev–Trinajstić information content (AvgIpc) is 2.01. The molecule has 1 atom stereocenters. The maximum atomic E-state index is 11.6. The Balaban J connectivity index is 0. The highest BCUT2D eigenvalue weighted by atomic mass is 32.2. The average molecular weight is 274 g/mol. The third-order valence-electron chi connectivity index (χ3n) is 1.65. The molecule has 0 aromatic rings. The van der Waals surface area contributed by atoms with Gasteiger partial charge in [0.25, 0.3) is 0 Å². The van der Waals surface area contributed by atoms with E-state index in [1.54, 1.807) is 0 Å². The van der Waals surface area contributed by atoms with Crippen molar-refractivity contribution in [2.24, 2.45) is 5.41 Å². The molecule has 0 amide bonds. The molecule has 0 radical (unpaired) electrons. The largest absolute Gasteiger partial charge is 0.402 e. The van der Waals surface area contributed by atoms with Gasteiger partial charge in [-0.15, -0.1) is 0 Å². The molecule has 0 rings (SSSR count). The van der Waals surface area contributed by atoms with Crippen molar-refractivity contribution in [1.82, 2.24) is 0 Å². The van der Waals surface area contributed by atoms with Crippen LogP contribution < -0.4 is 0 Å². The minimum absolute atomic E-state index is 0.104. The number of hydrogen-bond acceptors (Lipinski definition) is 2. The summed E-state index contributed by atoms with van der Waals surface area (Å²) in [5.74, 6) is 0. The van der Waals surface area contributed by atoms with Crippen molar-refractivity contribution in [3.05, 3.63) is 0 Å². The Hall–Kier alpha value is -0.310. The highest BCUT2D eigenvalue weighted by molar-refractivity contribution is 7.79. The number of halogens is 6. The first-order valence-electron chi connectivity index (χ1n) is 3.78. The Labute approximate surface area is 91.6 Å². The molecule has 1 unspecified atom stereocenters. The van der Waals surface area contributed by atoms with Gasteiger partial charge >= 0.3 is 12.4 Å². The fraction of sp³-hybridized carbons (Fsp3) is 1.00. The minimum atomic E-state index is -5.24. The lowest BCUT2D eigenvalue weighted by Gasteiger charge is -2.29. The molecule has 0 aromatic heterocycles. The molecule has 0 N–H and O–H groups in total. The van der Waals surface area contributed by atoms with Gasteiger partial charge < -0.3 is 0 Å². The minimum Gasteiger partial charge on any atom is -0.294 e. The molecule has 16 heavy (non-hydrogen) atoms. The smallest absolute Gasteiger partial charge is 0.294 e. The summed E-state index contributed by atoms with van der Waals surface area (Å²) in [7, 11) is 1.40. The Morgan fingerprint density at radius 3 is 1.12 bits per heavy atom. The molecular formula is C7H12F6O2S. The van der Waals surface area contributed by atoms with Gasteiger partial charge in [0, 0.05) is 6.26 Å². The van der Waals surface area contributed by atoms with E-state index < -0.39 is 28.8 Å². The Bertz CT molecular complexity index is 216. The van der Waals surface area contributed by atoms with Gasteiger partial charge in [0.05, 0.1) is 7.11 Å². The summed E-state index contributed by atoms with van der Waals surface area (Å²) in [5.41, 5.74) is -3.62. The molecule has 0 aliphatic heterocycles. The van der Waals surface area contributed by atoms with E-state index in [0.29, 0.717) is 0 Å². The Kier molecular flexibility index (Phi) is 6.61. The zero-order valence-electron chi connectivity index (χ0n) is 8.99. The maximum absolute atomic E-state index is 11.6. The van der Waals surface area contributed by atoms with Crippen LogP contribution in [0.4, 0.5) is 26.3 Å². The van der Waals surface area contributed by atoms with Crippen LogP contribution >= 0.6 is 0 Å². The van der Waals surface area contributed by atoms with Crippen LogP contribution in [0.3, 0.4) is 0 Å². The van der Waals surface area contributed by atoms with Crippen LogP contribution in [0.25, 0.3) is 0 Å². The van der Waals surface area contributed by atoms with E-state index in [9.17, 15) is 30.6 Å². The van der Waals surface area contributed by atoms with Gasteiger partial charge in [-0.1, -0.05) is 0 Å². The van der Waals surface area contributed by atoms with E-state index in [4.69, 9.17) is 0 Å². The first-order chi connectivity index (χ1) is 6.77. The van der Waals surface area contributed by atoms with Crippen molar-refractivity contribution < 1.29 is 34.7 Å². The van der Waals surface area contributed by atoms with Crippen LogP contribution in [0.1, 0.15) is 13.8 Å². The molecule has 0 bridgehead atoms. The molecule has 2 nitrogen and oxygen atoms in total. The van der Waals surface area contributed by atoms with E-state index in [1.807, 2.05) is 0 Å². The SMILES string of the molecule is CC(C)(C(F)(F)F)C(F)(F)F.COS(C)=O. The highest BCUT2D eigenvalue weighted by Gasteiger charge is 2.64. The number of alkyl halides is 6. The van der Waals surface area contributed by atoms with Crippen LogP contribution in [0, 0.1) is 5.41 Å². The topological polar surface area (TPSA) is 26.3 Å². The van der Waals surface area contributed by atoms with Gasteiger partial charge in [-0.3, -0.25) is 4.18 Å². The quantitative estimate of drug-likeness (QED) is 0.687.